The average Bonchev–Trinajstić information content (AvgIpc) is 3.31. The van der Waals surface area contributed by atoms with Crippen LogP contribution in [0.5, 0.6) is 0 Å². The van der Waals surface area contributed by atoms with E-state index in [1.54, 1.807) is 0 Å². The van der Waals surface area contributed by atoms with Crippen molar-refractivity contribution in [3.8, 4) is 0 Å². The van der Waals surface area contributed by atoms with Gasteiger partial charge in [-0.1, -0.05) is 12.1 Å². The van der Waals surface area contributed by atoms with Crippen LogP contribution in [-0.2, 0) is 10.2 Å². The molecule has 1 aromatic carbocycles. The van der Waals surface area contributed by atoms with Crippen LogP contribution in [0.15, 0.2) is 29.3 Å². The van der Waals surface area contributed by atoms with Crippen LogP contribution in [0.1, 0.15) is 32.3 Å². The first-order valence-electron chi connectivity index (χ1n) is 8.06. The monoisotopic (exact) mass is 307 g/mol. The predicted molar refractivity (Wildman–Crippen MR) is 87.8 cm³/mol. The summed E-state index contributed by atoms with van der Waals surface area (Å²) in [7, 11) is 0. The van der Waals surface area contributed by atoms with E-state index < -0.39 is 0 Å². The lowest BCUT2D eigenvalue weighted by Gasteiger charge is -2.16. The van der Waals surface area contributed by atoms with Crippen molar-refractivity contribution in [1.29, 1.82) is 0 Å². The molecule has 0 bridgehead atoms. The molecule has 1 fully saturated rings. The third-order valence-corrected chi connectivity index (χ3v) is 3.94. The summed E-state index contributed by atoms with van der Waals surface area (Å²) < 4.78 is 18.4. The number of nitrogens with one attached hydrogen (secondary N) is 2. The van der Waals surface area contributed by atoms with Crippen molar-refractivity contribution in [2.75, 3.05) is 32.8 Å². The lowest BCUT2D eigenvalue weighted by Crippen LogP contribution is -2.39. The van der Waals surface area contributed by atoms with E-state index in [0.717, 1.165) is 45.0 Å². The fourth-order valence-electron chi connectivity index (χ4n) is 2.45. The minimum Gasteiger partial charge on any atom is -0.380 e. The molecule has 0 amide bonds. The molecule has 0 aromatic heterocycles. The summed E-state index contributed by atoms with van der Waals surface area (Å²) in [6, 6.07) is 6.83. The Balaban J connectivity index is 1.92. The molecular weight excluding hydrogens is 281 g/mol. The Morgan fingerprint density at radius 3 is 2.55 bits per heavy atom. The highest BCUT2D eigenvalue weighted by atomic mass is 19.1. The quantitative estimate of drug-likeness (QED) is 0.440. The molecule has 2 rings (SSSR count). The van der Waals surface area contributed by atoms with Gasteiger partial charge in [0.05, 0.1) is 13.2 Å². The molecule has 0 aliphatic heterocycles. The highest BCUT2D eigenvalue weighted by Crippen LogP contribution is 2.48. The minimum absolute atomic E-state index is 0.0932. The minimum atomic E-state index is -0.186. The summed E-state index contributed by atoms with van der Waals surface area (Å²) in [5, 5.41) is 6.51. The zero-order valence-electron chi connectivity index (χ0n) is 13.5. The largest absolute Gasteiger partial charge is 0.380 e. The Morgan fingerprint density at radius 1 is 1.23 bits per heavy atom. The normalized spacial score (nSPS) is 16.4. The number of guanidine groups is 1. The second-order valence-electron chi connectivity index (χ2n) is 5.61. The SMILES string of the molecule is CCNC(=NCC1(c2ccc(F)cc2)CC1)NCCOCC. The van der Waals surface area contributed by atoms with Crippen LogP contribution in [-0.4, -0.2) is 38.8 Å². The van der Waals surface area contributed by atoms with E-state index in [2.05, 4.69) is 15.6 Å². The molecule has 5 heteroatoms. The molecule has 2 N–H and O–H groups in total. The molecule has 1 saturated carbocycles. The molecule has 4 nitrogen and oxygen atoms in total. The second-order valence-corrected chi connectivity index (χ2v) is 5.61. The standard InChI is InChI=1S/C17H26FN3O/c1-3-19-16(20-11-12-22-4-2)21-13-17(9-10-17)14-5-7-15(18)8-6-14/h5-8H,3-4,9-13H2,1-2H3,(H2,19,20,21). The molecule has 122 valence electrons. The topological polar surface area (TPSA) is 45.7 Å². The van der Waals surface area contributed by atoms with E-state index in [9.17, 15) is 4.39 Å². The fourth-order valence-corrected chi connectivity index (χ4v) is 2.45. The summed E-state index contributed by atoms with van der Waals surface area (Å²) in [5.74, 6) is 0.629. The third kappa shape index (κ3) is 4.70. The van der Waals surface area contributed by atoms with Gasteiger partial charge >= 0.3 is 0 Å². The van der Waals surface area contributed by atoms with Crippen LogP contribution in [0.3, 0.4) is 0 Å². The molecule has 0 unspecified atom stereocenters. The van der Waals surface area contributed by atoms with Crippen molar-refractivity contribution in [2.24, 2.45) is 4.99 Å². The Hall–Kier alpha value is -1.62. The van der Waals surface area contributed by atoms with Gasteiger partial charge in [-0.25, -0.2) is 4.39 Å². The Morgan fingerprint density at radius 2 is 1.95 bits per heavy atom. The summed E-state index contributed by atoms with van der Waals surface area (Å²) >= 11 is 0. The fraction of sp³-hybridized carbons (Fsp3) is 0.588. The number of halogens is 1. The molecule has 0 heterocycles. The second kappa shape index (κ2) is 8.13. The van der Waals surface area contributed by atoms with E-state index in [-0.39, 0.29) is 11.2 Å². The van der Waals surface area contributed by atoms with Crippen LogP contribution in [0.25, 0.3) is 0 Å². The number of benzene rings is 1. The Bertz CT molecular complexity index is 483. The van der Waals surface area contributed by atoms with Crippen LogP contribution >= 0.6 is 0 Å². The highest BCUT2D eigenvalue weighted by Gasteiger charge is 2.44. The molecule has 1 aliphatic carbocycles. The number of hydrogen-bond donors (Lipinski definition) is 2. The predicted octanol–water partition coefficient (Wildman–Crippen LogP) is 2.45. The number of rotatable bonds is 8. The van der Waals surface area contributed by atoms with Gasteiger partial charge in [-0.3, -0.25) is 4.99 Å². The van der Waals surface area contributed by atoms with Crippen molar-refractivity contribution in [2.45, 2.75) is 32.1 Å². The Labute approximate surface area is 132 Å². The molecule has 0 atom stereocenters. The van der Waals surface area contributed by atoms with Gasteiger partial charge in [0, 0.05) is 25.1 Å². The summed E-state index contributed by atoms with van der Waals surface area (Å²) in [5.41, 5.74) is 1.28. The summed E-state index contributed by atoms with van der Waals surface area (Å²) in [6.45, 7) is 7.72. The highest BCUT2D eigenvalue weighted by molar-refractivity contribution is 5.79. The third-order valence-electron chi connectivity index (χ3n) is 3.94. The van der Waals surface area contributed by atoms with E-state index in [0.29, 0.717) is 6.61 Å². The molecular formula is C17H26FN3O. The van der Waals surface area contributed by atoms with Gasteiger partial charge in [-0.05, 0) is 44.4 Å². The zero-order valence-corrected chi connectivity index (χ0v) is 13.5. The maximum atomic E-state index is 13.1. The van der Waals surface area contributed by atoms with Crippen LogP contribution < -0.4 is 10.6 Å². The van der Waals surface area contributed by atoms with E-state index >= 15 is 0 Å². The van der Waals surface area contributed by atoms with Crippen LogP contribution in [0.2, 0.25) is 0 Å². The van der Waals surface area contributed by atoms with E-state index in [1.165, 1.54) is 17.7 Å². The van der Waals surface area contributed by atoms with Gasteiger partial charge in [-0.2, -0.15) is 0 Å². The van der Waals surface area contributed by atoms with Crippen molar-refractivity contribution >= 4 is 5.96 Å². The maximum Gasteiger partial charge on any atom is 0.191 e. The summed E-state index contributed by atoms with van der Waals surface area (Å²) in [6.07, 6.45) is 2.22. The van der Waals surface area contributed by atoms with E-state index in [1.807, 2.05) is 26.0 Å². The van der Waals surface area contributed by atoms with Gasteiger partial charge in [0.25, 0.3) is 0 Å². The first-order valence-corrected chi connectivity index (χ1v) is 8.06. The number of aliphatic imine (C=N–C) groups is 1. The smallest absolute Gasteiger partial charge is 0.191 e. The van der Waals surface area contributed by atoms with Crippen LogP contribution in [0, 0.1) is 5.82 Å². The molecule has 0 radical (unpaired) electrons. The number of hydrogen-bond acceptors (Lipinski definition) is 2. The summed E-state index contributed by atoms with van der Waals surface area (Å²) in [4.78, 5) is 4.69. The van der Waals surface area contributed by atoms with Gasteiger partial charge in [0.1, 0.15) is 5.82 Å². The van der Waals surface area contributed by atoms with Gasteiger partial charge < -0.3 is 15.4 Å². The van der Waals surface area contributed by atoms with Gasteiger partial charge in [0.2, 0.25) is 0 Å². The molecule has 22 heavy (non-hydrogen) atoms. The van der Waals surface area contributed by atoms with Crippen molar-refractivity contribution in [3.05, 3.63) is 35.6 Å². The zero-order chi connectivity index (χ0) is 15.8. The number of nitrogens with zero attached hydrogens (tertiary/aromatic N) is 1. The maximum absolute atomic E-state index is 13.1. The van der Waals surface area contributed by atoms with Crippen molar-refractivity contribution in [1.82, 2.24) is 10.6 Å². The first-order chi connectivity index (χ1) is 10.7. The lowest BCUT2D eigenvalue weighted by molar-refractivity contribution is 0.152. The lowest BCUT2D eigenvalue weighted by atomic mass is 9.96. The Kier molecular flexibility index (Phi) is 6.19. The van der Waals surface area contributed by atoms with Crippen molar-refractivity contribution < 1.29 is 9.13 Å². The van der Waals surface area contributed by atoms with Crippen LogP contribution in [0.4, 0.5) is 4.39 Å². The first kappa shape index (κ1) is 16.7. The molecule has 0 saturated heterocycles. The average molecular weight is 307 g/mol. The molecule has 1 aromatic rings. The number of ether oxygens (including phenoxy) is 1. The van der Waals surface area contributed by atoms with Gasteiger partial charge in [0.15, 0.2) is 5.96 Å². The molecule has 1 aliphatic rings. The molecule has 0 spiro atoms. The van der Waals surface area contributed by atoms with E-state index in [4.69, 9.17) is 4.74 Å². The van der Waals surface area contributed by atoms with Gasteiger partial charge in [-0.15, -0.1) is 0 Å². The van der Waals surface area contributed by atoms with Crippen molar-refractivity contribution in [3.63, 3.8) is 0 Å².